The highest BCUT2D eigenvalue weighted by Crippen LogP contribution is 2.33. The Morgan fingerprint density at radius 3 is 2.68 bits per heavy atom. The molecule has 1 N–H and O–H groups in total. The fourth-order valence-electron chi connectivity index (χ4n) is 5.09. The van der Waals surface area contributed by atoms with E-state index in [2.05, 4.69) is 21.6 Å². The van der Waals surface area contributed by atoms with Crippen LogP contribution >= 0.6 is 0 Å². The molecule has 2 aliphatic heterocycles. The molecule has 0 saturated carbocycles. The summed E-state index contributed by atoms with van der Waals surface area (Å²) in [4.78, 5) is 14.8. The van der Waals surface area contributed by atoms with Crippen LogP contribution in [-0.2, 0) is 9.53 Å². The number of benzene rings is 2. The minimum absolute atomic E-state index is 0.0461. The first-order chi connectivity index (χ1) is 17.9. The standard InChI is InChI=1S/C28H29F3N4O2/c1-17(21-3-2-4-22(26(21)29)27(30)31)33-25-16-32-34-24-6-5-20(15-23(24)25)18-7-11-35(12-8-18)28(36)19-9-13-37-14-10-19/h2-7,15-17,19,27H,8-14H2,1H3,(H,33,34)/t17-/m1/s1. The SMILES string of the molecule is C[C@@H](Nc1cnnc2ccc(C3=CCN(C(=O)C4CCOCC4)CC3)cc12)c1cccc(C(F)F)c1F. The number of ether oxygens (including phenoxy) is 1. The number of nitrogens with one attached hydrogen (secondary N) is 1. The van der Waals surface area contributed by atoms with Gasteiger partial charge in [-0.15, -0.1) is 0 Å². The first kappa shape index (κ1) is 25.2. The molecular formula is C28H29F3N4O2. The van der Waals surface area contributed by atoms with Gasteiger partial charge in [0.1, 0.15) is 5.82 Å². The van der Waals surface area contributed by atoms with Crippen molar-refractivity contribution < 1.29 is 22.7 Å². The second kappa shape index (κ2) is 10.9. The van der Waals surface area contributed by atoms with Gasteiger partial charge in [-0.25, -0.2) is 13.2 Å². The van der Waals surface area contributed by atoms with Gasteiger partial charge in [-0.2, -0.15) is 10.2 Å². The summed E-state index contributed by atoms with van der Waals surface area (Å²) in [5.41, 5.74) is 3.00. The number of rotatable bonds is 6. The molecule has 194 valence electrons. The fourth-order valence-corrected chi connectivity index (χ4v) is 5.09. The highest BCUT2D eigenvalue weighted by Gasteiger charge is 2.27. The van der Waals surface area contributed by atoms with E-state index in [4.69, 9.17) is 4.74 Å². The summed E-state index contributed by atoms with van der Waals surface area (Å²) < 4.78 is 46.5. The molecule has 1 amide bonds. The molecule has 9 heteroatoms. The molecule has 3 heterocycles. The van der Waals surface area contributed by atoms with Crippen LogP contribution in [0, 0.1) is 11.7 Å². The van der Waals surface area contributed by atoms with Gasteiger partial charge in [-0.05, 0) is 49.5 Å². The van der Waals surface area contributed by atoms with Crippen molar-refractivity contribution >= 4 is 28.1 Å². The molecule has 5 rings (SSSR count). The van der Waals surface area contributed by atoms with Gasteiger partial charge in [-0.3, -0.25) is 4.79 Å². The number of nitrogens with zero attached hydrogens (tertiary/aromatic N) is 3. The molecule has 6 nitrogen and oxygen atoms in total. The third-order valence-corrected chi connectivity index (χ3v) is 7.23. The second-order valence-corrected chi connectivity index (χ2v) is 9.56. The van der Waals surface area contributed by atoms with Gasteiger partial charge in [0.2, 0.25) is 5.91 Å². The monoisotopic (exact) mass is 510 g/mol. The van der Waals surface area contributed by atoms with Crippen LogP contribution in [0.2, 0.25) is 0 Å². The third-order valence-electron chi connectivity index (χ3n) is 7.23. The zero-order valence-corrected chi connectivity index (χ0v) is 20.6. The molecule has 3 aromatic rings. The topological polar surface area (TPSA) is 67.4 Å². The van der Waals surface area contributed by atoms with E-state index in [1.54, 1.807) is 13.1 Å². The predicted octanol–water partition coefficient (Wildman–Crippen LogP) is 5.92. The molecule has 1 aromatic heterocycles. The Morgan fingerprint density at radius 1 is 1.16 bits per heavy atom. The Balaban J connectivity index is 1.36. The third kappa shape index (κ3) is 5.32. The van der Waals surface area contributed by atoms with Crippen LogP contribution in [0.4, 0.5) is 18.9 Å². The molecule has 0 aliphatic carbocycles. The molecule has 37 heavy (non-hydrogen) atoms. The van der Waals surface area contributed by atoms with Crippen molar-refractivity contribution in [3.8, 4) is 0 Å². The first-order valence-electron chi connectivity index (χ1n) is 12.6. The molecule has 1 fully saturated rings. The van der Waals surface area contributed by atoms with Crippen LogP contribution in [0.15, 0.2) is 48.7 Å². The summed E-state index contributed by atoms with van der Waals surface area (Å²) in [5, 5.41) is 12.3. The molecule has 2 aromatic carbocycles. The molecular weight excluding hydrogens is 481 g/mol. The van der Waals surface area contributed by atoms with Gasteiger partial charge in [-0.1, -0.05) is 30.3 Å². The molecule has 1 atom stereocenters. The van der Waals surface area contributed by atoms with E-state index in [0.717, 1.165) is 41.9 Å². The maximum atomic E-state index is 14.7. The zero-order chi connectivity index (χ0) is 25.9. The summed E-state index contributed by atoms with van der Waals surface area (Å²) >= 11 is 0. The molecule has 0 unspecified atom stereocenters. The van der Waals surface area contributed by atoms with Gasteiger partial charge in [0.15, 0.2) is 0 Å². The normalized spacial score (nSPS) is 17.6. The van der Waals surface area contributed by atoms with Gasteiger partial charge < -0.3 is 15.0 Å². The minimum atomic E-state index is -2.88. The smallest absolute Gasteiger partial charge is 0.266 e. The number of amides is 1. The molecule has 0 bridgehead atoms. The van der Waals surface area contributed by atoms with Gasteiger partial charge in [0.25, 0.3) is 6.43 Å². The van der Waals surface area contributed by atoms with Crippen molar-refractivity contribution in [1.29, 1.82) is 0 Å². The highest BCUT2D eigenvalue weighted by atomic mass is 19.3. The van der Waals surface area contributed by atoms with Crippen LogP contribution in [-0.4, -0.2) is 47.3 Å². The van der Waals surface area contributed by atoms with Crippen molar-refractivity contribution in [3.05, 3.63) is 71.2 Å². The fraction of sp³-hybridized carbons (Fsp3) is 0.393. The van der Waals surface area contributed by atoms with E-state index in [1.807, 2.05) is 23.1 Å². The average molecular weight is 511 g/mol. The number of halogens is 3. The number of carbonyl (C=O) groups excluding carboxylic acids is 1. The van der Waals surface area contributed by atoms with Crippen LogP contribution in [0.5, 0.6) is 0 Å². The van der Waals surface area contributed by atoms with Crippen LogP contribution < -0.4 is 5.32 Å². The number of anilines is 1. The van der Waals surface area contributed by atoms with Crippen LogP contribution in [0.3, 0.4) is 0 Å². The van der Waals surface area contributed by atoms with Crippen molar-refractivity contribution in [2.45, 2.75) is 38.7 Å². The number of hydrogen-bond donors (Lipinski definition) is 1. The Kier molecular flexibility index (Phi) is 7.41. The lowest BCUT2D eigenvalue weighted by atomic mass is 9.95. The van der Waals surface area contributed by atoms with Gasteiger partial charge in [0.05, 0.1) is 29.0 Å². The maximum Gasteiger partial charge on any atom is 0.266 e. The predicted molar refractivity (Wildman–Crippen MR) is 136 cm³/mol. The Morgan fingerprint density at radius 2 is 1.95 bits per heavy atom. The number of alkyl halides is 2. The van der Waals surface area contributed by atoms with E-state index in [1.165, 1.54) is 12.1 Å². The van der Waals surface area contributed by atoms with E-state index in [-0.39, 0.29) is 17.4 Å². The number of carbonyl (C=O) groups is 1. The highest BCUT2D eigenvalue weighted by molar-refractivity contribution is 5.93. The number of aromatic nitrogens is 2. The zero-order valence-electron chi connectivity index (χ0n) is 20.6. The molecule has 0 spiro atoms. The maximum absolute atomic E-state index is 14.7. The quantitative estimate of drug-likeness (QED) is 0.446. The molecule has 1 saturated heterocycles. The Hall–Kier alpha value is -3.46. The lowest BCUT2D eigenvalue weighted by molar-refractivity contribution is -0.138. The molecule has 0 radical (unpaired) electrons. The summed E-state index contributed by atoms with van der Waals surface area (Å²) in [6.45, 7) is 4.24. The summed E-state index contributed by atoms with van der Waals surface area (Å²) in [5.74, 6) is -0.655. The summed E-state index contributed by atoms with van der Waals surface area (Å²) in [6.07, 6.45) is 3.07. The van der Waals surface area contributed by atoms with Crippen molar-refractivity contribution in [2.24, 2.45) is 5.92 Å². The Bertz CT molecular complexity index is 1320. The van der Waals surface area contributed by atoms with E-state index in [9.17, 15) is 18.0 Å². The Labute approximate surface area is 213 Å². The van der Waals surface area contributed by atoms with Crippen molar-refractivity contribution in [1.82, 2.24) is 15.1 Å². The number of fused-ring (bicyclic) bond motifs is 1. The van der Waals surface area contributed by atoms with Gasteiger partial charge in [0, 0.05) is 43.2 Å². The van der Waals surface area contributed by atoms with Gasteiger partial charge >= 0.3 is 0 Å². The minimum Gasteiger partial charge on any atom is -0.381 e. The van der Waals surface area contributed by atoms with Crippen LogP contribution in [0.25, 0.3) is 16.5 Å². The van der Waals surface area contributed by atoms with E-state index >= 15 is 0 Å². The number of hydrogen-bond acceptors (Lipinski definition) is 5. The molecule has 2 aliphatic rings. The van der Waals surface area contributed by atoms with Crippen LogP contribution in [0.1, 0.15) is 55.3 Å². The van der Waals surface area contributed by atoms with E-state index < -0.39 is 23.8 Å². The average Bonchev–Trinajstić information content (AvgIpc) is 2.93. The lowest BCUT2D eigenvalue weighted by Crippen LogP contribution is -2.40. The van der Waals surface area contributed by atoms with Crippen molar-refractivity contribution in [2.75, 3.05) is 31.6 Å². The largest absolute Gasteiger partial charge is 0.381 e. The summed E-state index contributed by atoms with van der Waals surface area (Å²) in [6, 6.07) is 9.33. The van der Waals surface area contributed by atoms with Crippen molar-refractivity contribution in [3.63, 3.8) is 0 Å². The summed E-state index contributed by atoms with van der Waals surface area (Å²) in [7, 11) is 0. The second-order valence-electron chi connectivity index (χ2n) is 9.56. The van der Waals surface area contributed by atoms with E-state index in [0.29, 0.717) is 37.5 Å². The lowest BCUT2D eigenvalue weighted by Gasteiger charge is -2.31. The first-order valence-corrected chi connectivity index (χ1v) is 12.6.